The maximum atomic E-state index is 13.7. The predicted octanol–water partition coefficient (Wildman–Crippen LogP) is 2.61. The standard InChI is InChI=1S/C30H47N5O7S/c1-20(42-30(2,3)4)26(33-29(40)41-18-22-13-9-6-10-14-22)28(39)32-23(17-21-11-7-5-8-12-21)27(38)34-35(25(37)19-43)16-15-24(31)36/h6,9-10,13-14,20-21,23,26,43H,5,7-8,11-12,15-19H2,1-4H3,(H2,31,36)(H,32,39)(H,33,40)(H,34,38)/t20-,23+,26+/m1/s1. The van der Waals surface area contributed by atoms with Crippen LogP contribution in [0.5, 0.6) is 0 Å². The van der Waals surface area contributed by atoms with E-state index in [1.54, 1.807) is 6.92 Å². The Bertz CT molecular complexity index is 1080. The summed E-state index contributed by atoms with van der Waals surface area (Å²) in [7, 11) is 0. The fraction of sp³-hybridized carbons (Fsp3) is 0.633. The van der Waals surface area contributed by atoms with Gasteiger partial charge in [0.15, 0.2) is 0 Å². The van der Waals surface area contributed by atoms with Crippen molar-refractivity contribution in [3.63, 3.8) is 0 Å². The van der Waals surface area contributed by atoms with Crippen LogP contribution < -0.4 is 21.8 Å². The van der Waals surface area contributed by atoms with Gasteiger partial charge in [0.2, 0.25) is 11.8 Å². The Hall–Kier alpha value is -3.32. The van der Waals surface area contributed by atoms with Gasteiger partial charge < -0.3 is 25.8 Å². The van der Waals surface area contributed by atoms with Crippen LogP contribution in [0.1, 0.15) is 78.2 Å². The van der Waals surface area contributed by atoms with Crippen molar-refractivity contribution in [3.8, 4) is 0 Å². The number of amides is 5. The van der Waals surface area contributed by atoms with Gasteiger partial charge in [-0.05, 0) is 45.6 Å². The van der Waals surface area contributed by atoms with E-state index in [4.69, 9.17) is 15.2 Å². The Labute approximate surface area is 259 Å². The van der Waals surface area contributed by atoms with Crippen LogP contribution in [0.4, 0.5) is 4.79 Å². The van der Waals surface area contributed by atoms with Gasteiger partial charge in [-0.15, -0.1) is 0 Å². The number of ether oxygens (including phenoxy) is 2. The van der Waals surface area contributed by atoms with Crippen molar-refractivity contribution in [1.29, 1.82) is 0 Å². The zero-order chi connectivity index (χ0) is 32.0. The number of carbonyl (C=O) groups excluding carboxylic acids is 5. The second-order valence-electron chi connectivity index (χ2n) is 11.8. The van der Waals surface area contributed by atoms with E-state index in [0.29, 0.717) is 6.42 Å². The number of carbonyl (C=O) groups is 5. The van der Waals surface area contributed by atoms with Crippen LogP contribution in [-0.4, -0.2) is 70.8 Å². The lowest BCUT2D eigenvalue weighted by molar-refractivity contribution is -0.142. The molecule has 1 aliphatic carbocycles. The molecule has 3 atom stereocenters. The topological polar surface area (TPSA) is 169 Å². The zero-order valence-corrected chi connectivity index (χ0v) is 26.5. The number of alkyl carbamates (subject to hydrolysis) is 1. The summed E-state index contributed by atoms with van der Waals surface area (Å²) in [5.41, 5.74) is 7.91. The summed E-state index contributed by atoms with van der Waals surface area (Å²) in [6.07, 6.45) is 3.49. The van der Waals surface area contributed by atoms with Crippen molar-refractivity contribution in [1.82, 2.24) is 21.1 Å². The summed E-state index contributed by atoms with van der Waals surface area (Å²) < 4.78 is 11.4. The third-order valence-corrected chi connectivity index (χ3v) is 7.24. The molecule has 5 amide bonds. The quantitative estimate of drug-likeness (QED) is 0.157. The average molecular weight is 622 g/mol. The van der Waals surface area contributed by atoms with Crippen molar-refractivity contribution in [2.45, 2.75) is 103 Å². The van der Waals surface area contributed by atoms with Crippen LogP contribution in [0, 0.1) is 5.92 Å². The normalized spacial score (nSPS) is 15.8. The molecule has 5 N–H and O–H groups in total. The lowest BCUT2D eigenvalue weighted by Gasteiger charge is -2.33. The summed E-state index contributed by atoms with van der Waals surface area (Å²) in [4.78, 5) is 63.8. The molecule has 1 aromatic rings. The predicted molar refractivity (Wildman–Crippen MR) is 164 cm³/mol. The number of hydrazine groups is 1. The van der Waals surface area contributed by atoms with Gasteiger partial charge >= 0.3 is 6.09 Å². The van der Waals surface area contributed by atoms with Crippen LogP contribution in [0.3, 0.4) is 0 Å². The van der Waals surface area contributed by atoms with Crippen LogP contribution in [0.2, 0.25) is 0 Å². The van der Waals surface area contributed by atoms with Crippen LogP contribution >= 0.6 is 12.6 Å². The molecule has 43 heavy (non-hydrogen) atoms. The van der Waals surface area contributed by atoms with Gasteiger partial charge in [-0.25, -0.2) is 4.79 Å². The van der Waals surface area contributed by atoms with Crippen molar-refractivity contribution in [2.75, 3.05) is 12.3 Å². The number of nitrogens with one attached hydrogen (secondary N) is 3. The molecule has 0 radical (unpaired) electrons. The summed E-state index contributed by atoms with van der Waals surface area (Å²) in [5, 5.41) is 6.38. The molecular weight excluding hydrogens is 574 g/mol. The van der Waals surface area contributed by atoms with E-state index in [-0.39, 0.29) is 31.2 Å². The first kappa shape index (κ1) is 35.9. The van der Waals surface area contributed by atoms with Gasteiger partial charge in [-0.3, -0.25) is 29.6 Å². The van der Waals surface area contributed by atoms with Gasteiger partial charge in [0, 0.05) is 6.42 Å². The third-order valence-electron chi connectivity index (χ3n) is 6.97. The Kier molecular flexibility index (Phi) is 14.8. The highest BCUT2D eigenvalue weighted by molar-refractivity contribution is 7.81. The summed E-state index contributed by atoms with van der Waals surface area (Å²) in [6.45, 7) is 6.99. The zero-order valence-electron chi connectivity index (χ0n) is 25.6. The number of nitrogens with zero attached hydrogens (tertiary/aromatic N) is 1. The number of thiol groups is 1. The number of rotatable bonds is 14. The van der Waals surface area contributed by atoms with Crippen molar-refractivity contribution < 1.29 is 33.4 Å². The molecule has 0 aliphatic heterocycles. The number of benzene rings is 1. The molecule has 0 saturated heterocycles. The monoisotopic (exact) mass is 621 g/mol. The highest BCUT2D eigenvalue weighted by Gasteiger charge is 2.35. The molecule has 12 nitrogen and oxygen atoms in total. The molecule has 1 aromatic carbocycles. The maximum absolute atomic E-state index is 13.7. The highest BCUT2D eigenvalue weighted by Crippen LogP contribution is 2.27. The minimum Gasteiger partial charge on any atom is -0.445 e. The fourth-order valence-electron chi connectivity index (χ4n) is 4.92. The molecule has 1 saturated carbocycles. The van der Waals surface area contributed by atoms with Gasteiger partial charge in [0.25, 0.3) is 11.8 Å². The Morgan fingerprint density at radius 1 is 1.02 bits per heavy atom. The highest BCUT2D eigenvalue weighted by atomic mass is 32.1. The van der Waals surface area contributed by atoms with Crippen molar-refractivity contribution in [2.24, 2.45) is 11.7 Å². The molecule has 0 heterocycles. The fourth-order valence-corrected chi connectivity index (χ4v) is 5.09. The molecule has 240 valence electrons. The maximum Gasteiger partial charge on any atom is 0.408 e. The molecule has 0 unspecified atom stereocenters. The Balaban J connectivity index is 2.24. The first-order valence-corrected chi connectivity index (χ1v) is 15.4. The molecule has 2 rings (SSSR count). The third kappa shape index (κ3) is 13.7. The molecule has 13 heteroatoms. The second kappa shape index (κ2) is 17.7. The minimum atomic E-state index is -1.20. The molecule has 0 aromatic heterocycles. The SMILES string of the molecule is C[C@@H](OC(C)(C)C)[C@H](NC(=O)OCc1ccccc1)C(=O)N[C@@H](CC1CCCCC1)C(=O)NN(CCC(N)=O)C(=O)CS. The first-order chi connectivity index (χ1) is 20.3. The molecule has 1 fully saturated rings. The van der Waals surface area contributed by atoms with Gasteiger partial charge in [0.1, 0.15) is 18.7 Å². The number of primary amides is 1. The number of nitrogens with two attached hydrogens (primary N) is 1. The second-order valence-corrected chi connectivity index (χ2v) is 12.1. The van der Waals surface area contributed by atoms with Gasteiger partial charge in [0.05, 0.1) is 24.0 Å². The Morgan fingerprint density at radius 2 is 1.67 bits per heavy atom. The lowest BCUT2D eigenvalue weighted by atomic mass is 9.84. The van der Waals surface area contributed by atoms with Crippen molar-refractivity contribution >= 4 is 42.4 Å². The number of hydrogen-bond donors (Lipinski definition) is 5. The minimum absolute atomic E-state index is 0.00252. The largest absolute Gasteiger partial charge is 0.445 e. The Morgan fingerprint density at radius 3 is 2.26 bits per heavy atom. The van der Waals surface area contributed by atoms with E-state index in [0.717, 1.165) is 42.7 Å². The van der Waals surface area contributed by atoms with Crippen LogP contribution in [0.15, 0.2) is 30.3 Å². The van der Waals surface area contributed by atoms with E-state index in [1.165, 1.54) is 0 Å². The summed E-state index contributed by atoms with van der Waals surface area (Å²) in [6, 6.07) is 6.87. The number of hydrogen-bond acceptors (Lipinski definition) is 8. The van der Waals surface area contributed by atoms with E-state index < -0.39 is 53.5 Å². The molecule has 0 spiro atoms. The van der Waals surface area contributed by atoms with Gasteiger partial charge in [-0.2, -0.15) is 12.6 Å². The van der Waals surface area contributed by atoms with E-state index >= 15 is 0 Å². The smallest absolute Gasteiger partial charge is 0.408 e. The first-order valence-electron chi connectivity index (χ1n) is 14.7. The van der Waals surface area contributed by atoms with Crippen LogP contribution in [0.25, 0.3) is 0 Å². The molecular formula is C30H47N5O7S. The average Bonchev–Trinajstić information content (AvgIpc) is 2.96. The van der Waals surface area contributed by atoms with E-state index in [1.807, 2.05) is 51.1 Å². The molecule has 0 bridgehead atoms. The lowest BCUT2D eigenvalue weighted by Crippen LogP contribution is -2.60. The van der Waals surface area contributed by atoms with Crippen molar-refractivity contribution in [3.05, 3.63) is 35.9 Å². The molecule has 1 aliphatic rings. The van der Waals surface area contributed by atoms with Gasteiger partial charge in [-0.1, -0.05) is 62.4 Å². The van der Waals surface area contributed by atoms with E-state index in [9.17, 15) is 24.0 Å². The summed E-state index contributed by atoms with van der Waals surface area (Å²) >= 11 is 4.00. The van der Waals surface area contributed by atoms with Crippen LogP contribution in [-0.2, 0) is 35.3 Å². The van der Waals surface area contributed by atoms with E-state index in [2.05, 4.69) is 28.7 Å². The summed E-state index contributed by atoms with van der Waals surface area (Å²) in [5.74, 6) is -2.48.